The van der Waals surface area contributed by atoms with Gasteiger partial charge in [-0.25, -0.2) is 18.2 Å². The van der Waals surface area contributed by atoms with Crippen LogP contribution in [0.2, 0.25) is 0 Å². The molecule has 104 valence electrons. The normalized spacial score (nSPS) is 16.9. The fourth-order valence-electron chi connectivity index (χ4n) is 2.27. The number of carboxylic acid groups (broad SMARTS) is 1. The maximum absolute atomic E-state index is 12.3. The first-order chi connectivity index (χ1) is 8.93. The summed E-state index contributed by atoms with van der Waals surface area (Å²) in [5.41, 5.74) is -0.0255. The zero-order valence-electron chi connectivity index (χ0n) is 10.6. The monoisotopic (exact) mass is 284 g/mol. The second kappa shape index (κ2) is 5.26. The van der Waals surface area contributed by atoms with Crippen LogP contribution in [0.4, 0.5) is 0 Å². The summed E-state index contributed by atoms with van der Waals surface area (Å²) < 4.78 is 26.0. The van der Waals surface area contributed by atoms with E-state index in [9.17, 15) is 13.2 Å². The number of carbonyl (C=O) groups is 1. The van der Waals surface area contributed by atoms with Crippen molar-refractivity contribution in [3.05, 3.63) is 23.9 Å². The highest BCUT2D eigenvalue weighted by Gasteiger charge is 2.30. The molecule has 0 unspecified atom stereocenters. The van der Waals surface area contributed by atoms with Crippen LogP contribution in [-0.2, 0) is 10.0 Å². The Hall–Kier alpha value is -1.47. The van der Waals surface area contributed by atoms with Crippen LogP contribution < -0.4 is 0 Å². The minimum Gasteiger partial charge on any atom is -0.478 e. The summed E-state index contributed by atoms with van der Waals surface area (Å²) in [6.07, 6.45) is 4.87. The highest BCUT2D eigenvalue weighted by molar-refractivity contribution is 7.89. The number of nitrogens with zero attached hydrogens (tertiary/aromatic N) is 2. The van der Waals surface area contributed by atoms with Crippen LogP contribution in [0.25, 0.3) is 0 Å². The van der Waals surface area contributed by atoms with Crippen LogP contribution in [0.3, 0.4) is 0 Å². The molecule has 0 bridgehead atoms. The molecule has 1 aromatic rings. The summed E-state index contributed by atoms with van der Waals surface area (Å²) in [7, 11) is -2.08. The number of aromatic carboxylic acids is 1. The van der Waals surface area contributed by atoms with Gasteiger partial charge in [0.25, 0.3) is 10.0 Å². The lowest BCUT2D eigenvalue weighted by Crippen LogP contribution is -2.35. The third-order valence-electron chi connectivity index (χ3n) is 3.47. The summed E-state index contributed by atoms with van der Waals surface area (Å²) in [6.45, 7) is 0. The van der Waals surface area contributed by atoms with E-state index in [1.165, 1.54) is 16.4 Å². The van der Waals surface area contributed by atoms with Gasteiger partial charge in [-0.15, -0.1) is 0 Å². The van der Waals surface area contributed by atoms with Gasteiger partial charge in [0.05, 0.1) is 5.56 Å². The molecule has 1 aromatic heterocycles. The summed E-state index contributed by atoms with van der Waals surface area (Å²) in [5, 5.41) is 8.66. The van der Waals surface area contributed by atoms with E-state index in [0.29, 0.717) is 0 Å². The fourth-order valence-corrected chi connectivity index (χ4v) is 3.60. The standard InChI is InChI=1S/C12H16N2O4S/c1-14(10-4-2-3-5-10)19(17,18)11-7-6-9(8-13-11)12(15)16/h6-8,10H,2-5H2,1H3,(H,15,16). The Kier molecular flexibility index (Phi) is 3.86. The summed E-state index contributed by atoms with van der Waals surface area (Å²) in [5.74, 6) is -1.12. The average Bonchev–Trinajstić information content (AvgIpc) is 2.91. The van der Waals surface area contributed by atoms with Crippen molar-refractivity contribution in [2.45, 2.75) is 36.8 Å². The van der Waals surface area contributed by atoms with Crippen molar-refractivity contribution in [3.63, 3.8) is 0 Å². The van der Waals surface area contributed by atoms with E-state index >= 15 is 0 Å². The Balaban J connectivity index is 2.25. The molecule has 0 amide bonds. The smallest absolute Gasteiger partial charge is 0.337 e. The summed E-state index contributed by atoms with van der Waals surface area (Å²) >= 11 is 0. The fraction of sp³-hybridized carbons (Fsp3) is 0.500. The maximum Gasteiger partial charge on any atom is 0.337 e. The van der Waals surface area contributed by atoms with Crippen molar-refractivity contribution < 1.29 is 18.3 Å². The molecule has 0 spiro atoms. The highest BCUT2D eigenvalue weighted by atomic mass is 32.2. The molecule has 1 heterocycles. The van der Waals surface area contributed by atoms with Gasteiger partial charge < -0.3 is 5.11 Å². The first-order valence-electron chi connectivity index (χ1n) is 6.10. The number of pyridine rings is 1. The van der Waals surface area contributed by atoms with Crippen molar-refractivity contribution in [2.24, 2.45) is 0 Å². The quantitative estimate of drug-likeness (QED) is 0.901. The van der Waals surface area contributed by atoms with Gasteiger partial charge in [0.2, 0.25) is 0 Å². The van der Waals surface area contributed by atoms with E-state index in [-0.39, 0.29) is 16.6 Å². The molecule has 0 aromatic carbocycles. The topological polar surface area (TPSA) is 87.6 Å². The molecular weight excluding hydrogens is 268 g/mol. The molecule has 2 rings (SSSR count). The van der Waals surface area contributed by atoms with Gasteiger partial charge in [-0.2, -0.15) is 4.31 Å². The minimum absolute atomic E-state index is 0.0194. The molecule has 0 radical (unpaired) electrons. The molecule has 6 nitrogen and oxygen atoms in total. The summed E-state index contributed by atoms with van der Waals surface area (Å²) in [4.78, 5) is 14.5. The van der Waals surface area contributed by atoms with Crippen LogP contribution in [0.1, 0.15) is 36.0 Å². The van der Waals surface area contributed by atoms with E-state index in [4.69, 9.17) is 5.11 Å². The van der Waals surface area contributed by atoms with E-state index in [1.54, 1.807) is 7.05 Å². The third kappa shape index (κ3) is 2.76. The number of hydrogen-bond acceptors (Lipinski definition) is 4. The van der Waals surface area contributed by atoms with Gasteiger partial charge in [0, 0.05) is 19.3 Å². The van der Waals surface area contributed by atoms with Crippen molar-refractivity contribution in [3.8, 4) is 0 Å². The minimum atomic E-state index is -3.64. The van der Waals surface area contributed by atoms with Crippen LogP contribution in [0.5, 0.6) is 0 Å². The Bertz CT molecular complexity index is 562. The number of sulfonamides is 1. The van der Waals surface area contributed by atoms with Crippen LogP contribution in [0, 0.1) is 0 Å². The van der Waals surface area contributed by atoms with Crippen LogP contribution >= 0.6 is 0 Å². The van der Waals surface area contributed by atoms with Gasteiger partial charge >= 0.3 is 5.97 Å². The predicted molar refractivity (Wildman–Crippen MR) is 68.4 cm³/mol. The van der Waals surface area contributed by atoms with Crippen molar-refractivity contribution in [1.82, 2.24) is 9.29 Å². The van der Waals surface area contributed by atoms with E-state index in [2.05, 4.69) is 4.98 Å². The first kappa shape index (κ1) is 14.0. The molecule has 0 saturated heterocycles. The second-order valence-corrected chi connectivity index (χ2v) is 6.59. The molecule has 1 N–H and O–H groups in total. The zero-order chi connectivity index (χ0) is 14.0. The lowest BCUT2D eigenvalue weighted by Gasteiger charge is -2.22. The van der Waals surface area contributed by atoms with Gasteiger partial charge in [0.1, 0.15) is 0 Å². The molecule has 1 aliphatic carbocycles. The Labute approximate surface area is 112 Å². The van der Waals surface area contributed by atoms with Crippen LogP contribution in [-0.4, -0.2) is 41.9 Å². The lowest BCUT2D eigenvalue weighted by molar-refractivity contribution is 0.0696. The molecule has 0 aliphatic heterocycles. The van der Waals surface area contributed by atoms with Gasteiger partial charge in [-0.3, -0.25) is 0 Å². The molecular formula is C12H16N2O4S. The number of hydrogen-bond donors (Lipinski definition) is 1. The number of rotatable bonds is 4. The number of carboxylic acids is 1. The molecule has 1 saturated carbocycles. The number of aromatic nitrogens is 1. The van der Waals surface area contributed by atoms with Crippen molar-refractivity contribution in [1.29, 1.82) is 0 Å². The average molecular weight is 284 g/mol. The Morgan fingerprint density at radius 2 is 2.00 bits per heavy atom. The predicted octanol–water partition coefficient (Wildman–Crippen LogP) is 1.34. The molecule has 1 fully saturated rings. The van der Waals surface area contributed by atoms with E-state index in [1.807, 2.05) is 0 Å². The zero-order valence-corrected chi connectivity index (χ0v) is 11.4. The highest BCUT2D eigenvalue weighted by Crippen LogP contribution is 2.26. The Morgan fingerprint density at radius 1 is 1.37 bits per heavy atom. The molecule has 7 heteroatoms. The van der Waals surface area contributed by atoms with Gasteiger partial charge in [-0.05, 0) is 25.0 Å². The largest absolute Gasteiger partial charge is 0.478 e. The first-order valence-corrected chi connectivity index (χ1v) is 7.54. The lowest BCUT2D eigenvalue weighted by atomic mass is 10.3. The molecule has 19 heavy (non-hydrogen) atoms. The van der Waals surface area contributed by atoms with Crippen molar-refractivity contribution >= 4 is 16.0 Å². The summed E-state index contributed by atoms with van der Waals surface area (Å²) in [6, 6.07) is 2.51. The van der Waals surface area contributed by atoms with E-state index in [0.717, 1.165) is 31.9 Å². The Morgan fingerprint density at radius 3 is 2.47 bits per heavy atom. The molecule has 1 aliphatic rings. The van der Waals surface area contributed by atoms with E-state index < -0.39 is 16.0 Å². The van der Waals surface area contributed by atoms with Gasteiger partial charge in [0.15, 0.2) is 5.03 Å². The second-order valence-electron chi connectivity index (χ2n) is 4.65. The van der Waals surface area contributed by atoms with Crippen LogP contribution in [0.15, 0.2) is 23.4 Å². The third-order valence-corrected chi connectivity index (χ3v) is 5.29. The SMILES string of the molecule is CN(C1CCCC1)S(=O)(=O)c1ccc(C(=O)O)cn1. The van der Waals surface area contributed by atoms with Gasteiger partial charge in [-0.1, -0.05) is 12.8 Å². The molecule has 0 atom stereocenters. The maximum atomic E-state index is 12.3. The van der Waals surface area contributed by atoms with Crippen molar-refractivity contribution in [2.75, 3.05) is 7.05 Å².